The molecule has 49 heavy (non-hydrogen) atoms. The number of rotatable bonds is 4. The molecule has 3 amide bonds. The fraction of sp³-hybridized carbons (Fsp3) is 0.579. The molecule has 2 bridgehead atoms. The number of hydrogen-bond acceptors (Lipinski definition) is 6. The number of amides is 3. The maximum absolute atomic E-state index is 14.3. The number of fused-ring (bicyclic) bond motifs is 6. The Labute approximate surface area is 294 Å². The van der Waals surface area contributed by atoms with Gasteiger partial charge in [0.1, 0.15) is 15.7 Å². The van der Waals surface area contributed by atoms with E-state index in [1.54, 1.807) is 13.2 Å². The summed E-state index contributed by atoms with van der Waals surface area (Å²) in [5.41, 5.74) is 3.63. The minimum absolute atomic E-state index is 0.0337. The number of halogens is 1. The van der Waals surface area contributed by atoms with E-state index >= 15 is 0 Å². The Bertz CT molecular complexity index is 1800. The molecule has 6 aliphatic rings. The van der Waals surface area contributed by atoms with Gasteiger partial charge in [-0.05, 0) is 122 Å². The van der Waals surface area contributed by atoms with Gasteiger partial charge >= 0.3 is 6.03 Å². The quantitative estimate of drug-likeness (QED) is 0.337. The lowest BCUT2D eigenvalue weighted by Crippen LogP contribution is -2.49. The molecule has 1 unspecified atom stereocenters. The van der Waals surface area contributed by atoms with Gasteiger partial charge in [0, 0.05) is 42.7 Å². The number of nitrogens with one attached hydrogen (secondary N) is 2. The number of carbonyl (C=O) groups is 2. The van der Waals surface area contributed by atoms with E-state index in [2.05, 4.69) is 43.6 Å². The summed E-state index contributed by atoms with van der Waals surface area (Å²) in [7, 11) is -1.65. The number of allylic oxidation sites excluding steroid dienone is 1. The molecule has 11 heteroatoms. The third kappa shape index (κ3) is 6.73. The number of benzene rings is 2. The van der Waals surface area contributed by atoms with E-state index in [-0.39, 0.29) is 23.2 Å². The summed E-state index contributed by atoms with van der Waals surface area (Å²) in [4.78, 5) is 29.2. The molecule has 2 aliphatic heterocycles. The van der Waals surface area contributed by atoms with Crippen molar-refractivity contribution in [1.82, 2.24) is 10.0 Å². The van der Waals surface area contributed by atoms with Crippen LogP contribution in [0.1, 0.15) is 79.3 Å². The van der Waals surface area contributed by atoms with Crippen molar-refractivity contribution in [1.29, 1.82) is 0 Å². The van der Waals surface area contributed by atoms with Crippen molar-refractivity contribution in [3.63, 3.8) is 0 Å². The maximum atomic E-state index is 14.3. The lowest BCUT2D eigenvalue weighted by Gasteiger charge is -2.46. The van der Waals surface area contributed by atoms with Crippen molar-refractivity contribution in [3.05, 3.63) is 70.3 Å². The summed E-state index contributed by atoms with van der Waals surface area (Å²) in [6.45, 7) is 4.59. The third-order valence-corrected chi connectivity index (χ3v) is 14.1. The molecule has 3 saturated carbocycles. The highest BCUT2D eigenvalue weighted by atomic mass is 35.5. The Morgan fingerprint density at radius 1 is 1.16 bits per heavy atom. The van der Waals surface area contributed by atoms with Crippen molar-refractivity contribution in [2.75, 3.05) is 44.0 Å². The normalized spacial score (nSPS) is 35.7. The van der Waals surface area contributed by atoms with Crippen LogP contribution in [0.15, 0.2) is 52.9 Å². The highest BCUT2D eigenvalue weighted by Gasteiger charge is 2.54. The van der Waals surface area contributed by atoms with E-state index in [0.717, 1.165) is 61.7 Å². The highest BCUT2D eigenvalue weighted by molar-refractivity contribution is 7.92. The zero-order valence-electron chi connectivity index (χ0n) is 28.4. The lowest BCUT2D eigenvalue weighted by atomic mass is 9.68. The Hall–Kier alpha value is -3.08. The summed E-state index contributed by atoms with van der Waals surface area (Å²) in [5.74, 6) is 2.48. The predicted octanol–water partition coefficient (Wildman–Crippen LogP) is 6.85. The van der Waals surface area contributed by atoms with Crippen molar-refractivity contribution >= 4 is 39.1 Å². The van der Waals surface area contributed by atoms with E-state index in [9.17, 15) is 13.8 Å². The van der Waals surface area contributed by atoms with Gasteiger partial charge < -0.3 is 19.7 Å². The van der Waals surface area contributed by atoms with Crippen LogP contribution in [0.5, 0.6) is 5.75 Å². The summed E-state index contributed by atoms with van der Waals surface area (Å²) in [5, 5.41) is 3.59. The summed E-state index contributed by atoms with van der Waals surface area (Å²) >= 11 is 6.53. The molecule has 8 atom stereocenters. The maximum Gasteiger partial charge on any atom is 0.327 e. The van der Waals surface area contributed by atoms with Crippen LogP contribution in [0.4, 0.5) is 10.5 Å². The molecule has 3 fully saturated rings. The first kappa shape index (κ1) is 33.1. The van der Waals surface area contributed by atoms with Crippen LogP contribution in [0, 0.1) is 29.6 Å². The molecule has 2 N–H and O–H groups in total. The molecule has 2 aromatic rings. The molecule has 2 heterocycles. The molecule has 262 valence electrons. The Balaban J connectivity index is 1.18. The molecule has 2 aromatic carbocycles. The second-order valence-electron chi connectivity index (χ2n) is 15.6. The number of ether oxygens (including phenoxy) is 2. The van der Waals surface area contributed by atoms with Crippen LogP contribution in [0.25, 0.3) is 0 Å². The molecular formula is C38H47ClN4O5S. The number of carbonyl (C=O) groups excluding carboxylic acids is 2. The van der Waals surface area contributed by atoms with E-state index < -0.39 is 21.9 Å². The first-order chi connectivity index (χ1) is 23.6. The van der Waals surface area contributed by atoms with E-state index in [0.29, 0.717) is 54.7 Å². The zero-order chi connectivity index (χ0) is 33.9. The Morgan fingerprint density at radius 3 is 2.80 bits per heavy atom. The first-order valence-corrected chi connectivity index (χ1v) is 20.0. The van der Waals surface area contributed by atoms with E-state index in [1.165, 1.54) is 17.5 Å². The molecule has 1 spiro atoms. The largest absolute Gasteiger partial charge is 0.490 e. The van der Waals surface area contributed by atoms with E-state index in [1.807, 2.05) is 25.1 Å². The average Bonchev–Trinajstić information content (AvgIpc) is 3.98. The molecule has 4 aliphatic carbocycles. The number of hydrogen-bond donors (Lipinski definition) is 2. The number of methoxy groups -OCH3 is 1. The van der Waals surface area contributed by atoms with Gasteiger partial charge in [0.25, 0.3) is 5.91 Å². The van der Waals surface area contributed by atoms with Crippen molar-refractivity contribution in [2.24, 2.45) is 34.0 Å². The third-order valence-electron chi connectivity index (χ3n) is 11.8. The molecule has 8 rings (SSSR count). The van der Waals surface area contributed by atoms with Crippen LogP contribution < -0.4 is 19.7 Å². The fourth-order valence-electron chi connectivity index (χ4n) is 8.83. The summed E-state index contributed by atoms with van der Waals surface area (Å²) < 4.78 is 33.9. The first-order valence-electron chi connectivity index (χ1n) is 18.0. The van der Waals surface area contributed by atoms with E-state index in [4.69, 9.17) is 21.1 Å². The van der Waals surface area contributed by atoms with Crippen molar-refractivity contribution in [2.45, 2.75) is 69.3 Å². The van der Waals surface area contributed by atoms with Gasteiger partial charge in [-0.15, -0.1) is 4.36 Å². The monoisotopic (exact) mass is 706 g/mol. The summed E-state index contributed by atoms with van der Waals surface area (Å²) in [6.07, 6.45) is 11.4. The number of urea groups is 1. The standard InChI is InChI=1S/C38H47ClN4O5S/c1-23-4-3-5-34(47-2)29-11-8-26(29)19-43-21-38(17-27-14-30(27)31-16-28(39)10-12-32(31)38)22-48-35-13-9-25(15-33(35)43)36(44)41-49(46,20-23)42-37(45)40-18-24-6-7-24/h3,5,9-10,12-13,15-16,23-24,26-27,29-30,34H,4,6-8,11,14,17-22H2,1-2H3,(H2,40,41,42,44,45,46)/b5-3+/t23-,26-,27-,29+,30-,34-,38-,49?/m0/s1. The van der Waals surface area contributed by atoms with Crippen LogP contribution in [0.3, 0.4) is 0 Å². The van der Waals surface area contributed by atoms with Gasteiger partial charge in [-0.3, -0.25) is 9.52 Å². The van der Waals surface area contributed by atoms with Gasteiger partial charge in [-0.2, -0.15) is 0 Å². The molecule has 9 nitrogen and oxygen atoms in total. The molecular weight excluding hydrogens is 660 g/mol. The second-order valence-corrected chi connectivity index (χ2v) is 18.0. The predicted molar refractivity (Wildman–Crippen MR) is 192 cm³/mol. The highest BCUT2D eigenvalue weighted by Crippen LogP contribution is 2.61. The van der Waals surface area contributed by atoms with Crippen LogP contribution in [-0.4, -0.2) is 61.4 Å². The van der Waals surface area contributed by atoms with Gasteiger partial charge in [0.05, 0.1) is 24.2 Å². The SMILES string of the molecule is CO[C@H]1/C=C/C[C@H](C)CS(=O)(NC(=O)NCC2CC2)=NC(=O)c2ccc3c(c2)N(C[C@@H]2CC[C@H]21)C[C@]1(CO3)C[C@@H]2C[C@@H]2c2cc(Cl)ccc21. The molecule has 0 saturated heterocycles. The fourth-order valence-corrected chi connectivity index (χ4v) is 10.9. The van der Waals surface area contributed by atoms with Gasteiger partial charge in [-0.1, -0.05) is 36.7 Å². The minimum atomic E-state index is -3.43. The van der Waals surface area contributed by atoms with Crippen LogP contribution >= 0.6 is 11.6 Å². The summed E-state index contributed by atoms with van der Waals surface area (Å²) in [6, 6.07) is 11.2. The number of anilines is 1. The zero-order valence-corrected chi connectivity index (χ0v) is 29.9. The second kappa shape index (κ2) is 12.9. The molecule has 0 aromatic heterocycles. The topological polar surface area (TPSA) is 109 Å². The minimum Gasteiger partial charge on any atom is -0.490 e. The Morgan fingerprint density at radius 2 is 2.02 bits per heavy atom. The van der Waals surface area contributed by atoms with Crippen molar-refractivity contribution in [3.8, 4) is 5.75 Å². The van der Waals surface area contributed by atoms with Gasteiger partial charge in [-0.25, -0.2) is 9.00 Å². The Kier molecular flexibility index (Phi) is 8.72. The van der Waals surface area contributed by atoms with Crippen molar-refractivity contribution < 1.29 is 23.3 Å². The van der Waals surface area contributed by atoms with Gasteiger partial charge in [0.2, 0.25) is 0 Å². The number of nitrogens with zero attached hydrogens (tertiary/aromatic N) is 2. The smallest absolute Gasteiger partial charge is 0.327 e. The lowest BCUT2D eigenvalue weighted by molar-refractivity contribution is 0.0131. The van der Waals surface area contributed by atoms with Gasteiger partial charge in [0.15, 0.2) is 0 Å². The van der Waals surface area contributed by atoms with Crippen LogP contribution in [-0.2, 0) is 20.1 Å². The van der Waals surface area contributed by atoms with Crippen LogP contribution in [0.2, 0.25) is 5.02 Å². The average molecular weight is 707 g/mol. The molecule has 0 radical (unpaired) electrons.